The van der Waals surface area contributed by atoms with Gasteiger partial charge in [-0.3, -0.25) is 4.79 Å². The van der Waals surface area contributed by atoms with E-state index < -0.39 is 0 Å². The maximum atomic E-state index is 12.1. The number of halogens is 1. The van der Waals surface area contributed by atoms with Crippen molar-refractivity contribution in [3.05, 3.63) is 34.9 Å². The van der Waals surface area contributed by atoms with Crippen molar-refractivity contribution in [3.8, 4) is 0 Å². The molecule has 0 radical (unpaired) electrons. The van der Waals surface area contributed by atoms with Crippen LogP contribution in [0.5, 0.6) is 0 Å². The molecule has 1 atom stereocenters. The van der Waals surface area contributed by atoms with Gasteiger partial charge in [-0.2, -0.15) is 0 Å². The molecule has 1 aliphatic carbocycles. The minimum atomic E-state index is 0.159. The van der Waals surface area contributed by atoms with Crippen LogP contribution in [0.1, 0.15) is 25.3 Å². The average Bonchev–Trinajstić information content (AvgIpc) is 3.24. The predicted molar refractivity (Wildman–Crippen MR) is 83.0 cm³/mol. The van der Waals surface area contributed by atoms with Gasteiger partial charge < -0.3 is 10.2 Å². The molecule has 0 saturated heterocycles. The van der Waals surface area contributed by atoms with Crippen molar-refractivity contribution in [2.45, 2.75) is 32.2 Å². The zero-order chi connectivity index (χ0) is 14.5. The topological polar surface area (TPSA) is 32.3 Å². The van der Waals surface area contributed by atoms with Crippen LogP contribution in [0.2, 0.25) is 5.02 Å². The van der Waals surface area contributed by atoms with Crippen molar-refractivity contribution < 1.29 is 4.79 Å². The van der Waals surface area contributed by atoms with Gasteiger partial charge in [-0.25, -0.2) is 0 Å². The van der Waals surface area contributed by atoms with Gasteiger partial charge in [0.25, 0.3) is 0 Å². The molecule has 0 aliphatic heterocycles. The number of benzene rings is 1. The molecule has 4 heteroatoms. The first-order valence-corrected chi connectivity index (χ1v) is 7.65. The van der Waals surface area contributed by atoms with E-state index in [1.54, 1.807) is 0 Å². The number of hydrogen-bond acceptors (Lipinski definition) is 2. The third kappa shape index (κ3) is 4.80. The van der Waals surface area contributed by atoms with Crippen LogP contribution >= 0.6 is 11.6 Å². The largest absolute Gasteiger partial charge is 0.342 e. The number of nitrogens with one attached hydrogen (secondary N) is 1. The Morgan fingerprint density at radius 1 is 1.40 bits per heavy atom. The second-order valence-corrected chi connectivity index (χ2v) is 6.19. The zero-order valence-electron chi connectivity index (χ0n) is 12.2. The molecule has 1 amide bonds. The second kappa shape index (κ2) is 7.09. The Morgan fingerprint density at radius 2 is 2.05 bits per heavy atom. The van der Waals surface area contributed by atoms with E-state index in [1.807, 2.05) is 36.2 Å². The number of carbonyl (C=O) groups excluding carboxylic acids is 1. The Balaban J connectivity index is 1.75. The number of hydrogen-bond donors (Lipinski definition) is 1. The summed E-state index contributed by atoms with van der Waals surface area (Å²) in [7, 11) is 1.88. The summed E-state index contributed by atoms with van der Waals surface area (Å²) in [5.74, 6) is 0.965. The molecule has 0 heterocycles. The monoisotopic (exact) mass is 294 g/mol. The van der Waals surface area contributed by atoms with Crippen LogP contribution in [-0.4, -0.2) is 37.0 Å². The Bertz CT molecular complexity index is 442. The van der Waals surface area contributed by atoms with Crippen LogP contribution in [0.4, 0.5) is 0 Å². The third-order valence-corrected chi connectivity index (χ3v) is 4.16. The predicted octanol–water partition coefficient (Wildman–Crippen LogP) is 2.73. The van der Waals surface area contributed by atoms with Gasteiger partial charge in [0.1, 0.15) is 0 Å². The van der Waals surface area contributed by atoms with E-state index in [2.05, 4.69) is 12.2 Å². The second-order valence-electron chi connectivity index (χ2n) is 5.76. The summed E-state index contributed by atoms with van der Waals surface area (Å²) in [6, 6.07) is 8.00. The highest BCUT2D eigenvalue weighted by molar-refractivity contribution is 6.30. The fourth-order valence-electron chi connectivity index (χ4n) is 2.17. The highest BCUT2D eigenvalue weighted by Crippen LogP contribution is 2.27. The number of carbonyl (C=O) groups is 1. The van der Waals surface area contributed by atoms with Gasteiger partial charge in [-0.1, -0.05) is 23.7 Å². The SMILES string of the molecule is CC(Cc1ccc(Cl)cc1)N(C)C(=O)CNCC1CC1. The van der Waals surface area contributed by atoms with E-state index >= 15 is 0 Å². The highest BCUT2D eigenvalue weighted by Gasteiger charge is 2.21. The number of likely N-dealkylation sites (N-methyl/N-ethyl adjacent to an activating group) is 1. The minimum absolute atomic E-state index is 0.159. The molecule has 0 spiro atoms. The zero-order valence-corrected chi connectivity index (χ0v) is 13.0. The summed E-state index contributed by atoms with van der Waals surface area (Å²) >= 11 is 5.88. The summed E-state index contributed by atoms with van der Waals surface area (Å²) in [5, 5.41) is 3.99. The number of nitrogens with zero attached hydrogens (tertiary/aromatic N) is 1. The molecule has 2 rings (SSSR count). The van der Waals surface area contributed by atoms with E-state index in [-0.39, 0.29) is 11.9 Å². The first-order chi connectivity index (χ1) is 9.56. The highest BCUT2D eigenvalue weighted by atomic mass is 35.5. The number of amides is 1. The first-order valence-electron chi connectivity index (χ1n) is 7.27. The summed E-state index contributed by atoms with van der Waals surface area (Å²) in [4.78, 5) is 13.9. The average molecular weight is 295 g/mol. The molecular formula is C16H23ClN2O. The smallest absolute Gasteiger partial charge is 0.236 e. The molecule has 110 valence electrons. The molecule has 1 fully saturated rings. The van der Waals surface area contributed by atoms with Crippen molar-refractivity contribution in [3.63, 3.8) is 0 Å². The van der Waals surface area contributed by atoms with Gasteiger partial charge in [0, 0.05) is 18.1 Å². The first kappa shape index (κ1) is 15.3. The fraction of sp³-hybridized carbons (Fsp3) is 0.562. The van der Waals surface area contributed by atoms with Crippen molar-refractivity contribution in [1.29, 1.82) is 0 Å². The lowest BCUT2D eigenvalue weighted by atomic mass is 10.1. The third-order valence-electron chi connectivity index (χ3n) is 3.91. The van der Waals surface area contributed by atoms with Crippen molar-refractivity contribution >= 4 is 17.5 Å². The normalized spacial score (nSPS) is 15.9. The minimum Gasteiger partial charge on any atom is -0.342 e. The lowest BCUT2D eigenvalue weighted by molar-refractivity contribution is -0.130. The van der Waals surface area contributed by atoms with Crippen molar-refractivity contribution in [2.24, 2.45) is 5.92 Å². The standard InChI is InChI=1S/C16H23ClN2O/c1-12(9-13-5-7-15(17)8-6-13)19(2)16(20)11-18-10-14-3-4-14/h5-8,12,14,18H,3-4,9-11H2,1-2H3. The Labute approximate surface area is 126 Å². The molecule has 0 aromatic heterocycles. The molecule has 1 aliphatic rings. The van der Waals surface area contributed by atoms with Crippen LogP contribution in [0.3, 0.4) is 0 Å². The molecule has 1 N–H and O–H groups in total. The molecule has 3 nitrogen and oxygen atoms in total. The Kier molecular flexibility index (Phi) is 5.44. The maximum Gasteiger partial charge on any atom is 0.236 e. The maximum absolute atomic E-state index is 12.1. The molecule has 0 bridgehead atoms. The van der Waals surface area contributed by atoms with E-state index in [9.17, 15) is 4.79 Å². The van der Waals surface area contributed by atoms with E-state index in [1.165, 1.54) is 18.4 Å². The molecule has 1 saturated carbocycles. The van der Waals surface area contributed by atoms with Crippen LogP contribution in [0.15, 0.2) is 24.3 Å². The van der Waals surface area contributed by atoms with Crippen LogP contribution in [0.25, 0.3) is 0 Å². The van der Waals surface area contributed by atoms with E-state index in [0.29, 0.717) is 6.54 Å². The van der Waals surface area contributed by atoms with Crippen molar-refractivity contribution in [2.75, 3.05) is 20.1 Å². The van der Waals surface area contributed by atoms with Gasteiger partial charge in [0.05, 0.1) is 6.54 Å². The van der Waals surface area contributed by atoms with Crippen LogP contribution in [0, 0.1) is 5.92 Å². The summed E-state index contributed by atoms with van der Waals surface area (Å²) in [6.07, 6.45) is 3.47. The van der Waals surface area contributed by atoms with Crippen molar-refractivity contribution in [1.82, 2.24) is 10.2 Å². The lowest BCUT2D eigenvalue weighted by Gasteiger charge is -2.25. The van der Waals surface area contributed by atoms with E-state index in [0.717, 1.165) is 23.9 Å². The lowest BCUT2D eigenvalue weighted by Crippen LogP contribution is -2.42. The summed E-state index contributed by atoms with van der Waals surface area (Å²) in [6.45, 7) is 3.50. The fourth-order valence-corrected chi connectivity index (χ4v) is 2.30. The quantitative estimate of drug-likeness (QED) is 0.839. The molecule has 1 unspecified atom stereocenters. The molecule has 20 heavy (non-hydrogen) atoms. The summed E-state index contributed by atoms with van der Waals surface area (Å²) < 4.78 is 0. The van der Waals surface area contributed by atoms with Crippen LogP contribution < -0.4 is 5.32 Å². The Hall–Kier alpha value is -1.06. The van der Waals surface area contributed by atoms with E-state index in [4.69, 9.17) is 11.6 Å². The van der Waals surface area contributed by atoms with Gasteiger partial charge >= 0.3 is 0 Å². The molecular weight excluding hydrogens is 272 g/mol. The summed E-state index contributed by atoms with van der Waals surface area (Å²) in [5.41, 5.74) is 1.20. The van der Waals surface area contributed by atoms with Gasteiger partial charge in [0.15, 0.2) is 0 Å². The van der Waals surface area contributed by atoms with Gasteiger partial charge in [-0.05, 0) is 56.3 Å². The molecule has 1 aromatic rings. The Morgan fingerprint density at radius 3 is 2.65 bits per heavy atom. The van der Waals surface area contributed by atoms with Gasteiger partial charge in [0.2, 0.25) is 5.91 Å². The number of rotatable bonds is 7. The van der Waals surface area contributed by atoms with Gasteiger partial charge in [-0.15, -0.1) is 0 Å². The molecule has 1 aromatic carbocycles. The van der Waals surface area contributed by atoms with Crippen LogP contribution in [-0.2, 0) is 11.2 Å².